The van der Waals surface area contributed by atoms with Crippen molar-refractivity contribution in [2.75, 3.05) is 13.1 Å². The number of piperazine rings is 1. The summed E-state index contributed by atoms with van der Waals surface area (Å²) in [5, 5.41) is 2.74. The summed E-state index contributed by atoms with van der Waals surface area (Å²) in [5.74, 6) is 0.129. The number of nitrogens with zero attached hydrogens (tertiary/aromatic N) is 2. The van der Waals surface area contributed by atoms with Gasteiger partial charge >= 0.3 is 0 Å². The molecule has 1 saturated heterocycles. The van der Waals surface area contributed by atoms with Crippen molar-refractivity contribution in [1.82, 2.24) is 14.8 Å². The lowest BCUT2D eigenvalue weighted by Crippen LogP contribution is -2.58. The van der Waals surface area contributed by atoms with E-state index in [2.05, 4.69) is 5.32 Å². The van der Waals surface area contributed by atoms with Gasteiger partial charge in [0.1, 0.15) is 6.04 Å². The van der Waals surface area contributed by atoms with Crippen molar-refractivity contribution in [1.29, 1.82) is 0 Å². The molecule has 0 radical (unpaired) electrons. The Morgan fingerprint density at radius 3 is 2.67 bits per heavy atom. The first-order valence-corrected chi connectivity index (χ1v) is 7.21. The lowest BCUT2D eigenvalue weighted by Gasteiger charge is -2.33. The number of pyridine rings is 1. The van der Waals surface area contributed by atoms with Crippen LogP contribution in [0.5, 0.6) is 0 Å². The first kappa shape index (κ1) is 15.3. The molecule has 1 N–H and O–H groups in total. The number of rotatable bonds is 5. The number of amides is 2. The van der Waals surface area contributed by atoms with E-state index >= 15 is 0 Å². The van der Waals surface area contributed by atoms with Crippen molar-refractivity contribution in [3.05, 3.63) is 34.7 Å². The van der Waals surface area contributed by atoms with Crippen molar-refractivity contribution >= 4 is 11.8 Å². The third-order valence-corrected chi connectivity index (χ3v) is 3.50. The second-order valence-corrected chi connectivity index (χ2v) is 5.74. The molecule has 1 aromatic heterocycles. The summed E-state index contributed by atoms with van der Waals surface area (Å²) >= 11 is 0. The van der Waals surface area contributed by atoms with Crippen LogP contribution in [0.2, 0.25) is 0 Å². The lowest BCUT2D eigenvalue weighted by atomic mass is 10.0. The Morgan fingerprint density at radius 2 is 2.00 bits per heavy atom. The summed E-state index contributed by atoms with van der Waals surface area (Å²) in [7, 11) is 0. The molecule has 0 bridgehead atoms. The minimum Gasteiger partial charge on any atom is -0.343 e. The maximum absolute atomic E-state index is 12.3. The standard InChI is InChI=1S/C15H21N3O3/c1-11(2)9-12-15(21)18(10-13(19)16-12)8-7-17-6-4-3-5-14(17)20/h3-6,11-12H,7-10H2,1-2H3,(H,16,19). The van der Waals surface area contributed by atoms with Crippen LogP contribution < -0.4 is 10.9 Å². The minimum atomic E-state index is -0.446. The first-order valence-electron chi connectivity index (χ1n) is 7.21. The Balaban J connectivity index is 2.01. The Morgan fingerprint density at radius 1 is 1.24 bits per heavy atom. The molecule has 2 rings (SSSR count). The molecule has 1 aliphatic rings. The van der Waals surface area contributed by atoms with Crippen molar-refractivity contribution in [3.63, 3.8) is 0 Å². The molecule has 21 heavy (non-hydrogen) atoms. The summed E-state index contributed by atoms with van der Waals surface area (Å²) in [4.78, 5) is 37.2. The minimum absolute atomic E-state index is 0.0627. The molecule has 2 amide bonds. The quantitative estimate of drug-likeness (QED) is 0.843. The monoisotopic (exact) mass is 291 g/mol. The van der Waals surface area contributed by atoms with E-state index in [4.69, 9.17) is 0 Å². The van der Waals surface area contributed by atoms with Gasteiger partial charge in [0.15, 0.2) is 0 Å². The molecule has 1 atom stereocenters. The summed E-state index contributed by atoms with van der Waals surface area (Å²) < 4.78 is 1.54. The molecule has 1 fully saturated rings. The van der Waals surface area contributed by atoms with Crippen LogP contribution >= 0.6 is 0 Å². The normalized spacial score (nSPS) is 19.0. The zero-order valence-corrected chi connectivity index (χ0v) is 12.4. The number of hydrogen-bond donors (Lipinski definition) is 1. The van der Waals surface area contributed by atoms with E-state index in [9.17, 15) is 14.4 Å². The van der Waals surface area contributed by atoms with Crippen molar-refractivity contribution in [3.8, 4) is 0 Å². The topological polar surface area (TPSA) is 71.4 Å². The maximum Gasteiger partial charge on any atom is 0.250 e. The molecular weight excluding hydrogens is 270 g/mol. The highest BCUT2D eigenvalue weighted by Crippen LogP contribution is 2.11. The van der Waals surface area contributed by atoms with Gasteiger partial charge in [-0.05, 0) is 18.4 Å². The predicted molar refractivity (Wildman–Crippen MR) is 78.7 cm³/mol. The number of carbonyl (C=O) groups excluding carboxylic acids is 2. The molecule has 6 heteroatoms. The van der Waals surface area contributed by atoms with Gasteiger partial charge < -0.3 is 14.8 Å². The average molecular weight is 291 g/mol. The Kier molecular flexibility index (Phi) is 4.77. The SMILES string of the molecule is CC(C)CC1NC(=O)CN(CCn2ccccc2=O)C1=O. The molecule has 1 aromatic rings. The molecule has 0 saturated carbocycles. The molecule has 0 aliphatic carbocycles. The molecule has 1 aliphatic heterocycles. The van der Waals surface area contributed by atoms with Gasteiger partial charge in [-0.1, -0.05) is 19.9 Å². The molecule has 0 spiro atoms. The van der Waals surface area contributed by atoms with Crippen LogP contribution in [0.1, 0.15) is 20.3 Å². The van der Waals surface area contributed by atoms with Gasteiger partial charge in [-0.2, -0.15) is 0 Å². The van der Waals surface area contributed by atoms with E-state index in [0.29, 0.717) is 25.4 Å². The second-order valence-electron chi connectivity index (χ2n) is 5.74. The predicted octanol–water partition coefficient (Wildman–Crippen LogP) is 0.221. The largest absolute Gasteiger partial charge is 0.343 e. The highest BCUT2D eigenvalue weighted by atomic mass is 16.2. The first-order chi connectivity index (χ1) is 9.97. The van der Waals surface area contributed by atoms with E-state index in [1.54, 1.807) is 18.3 Å². The van der Waals surface area contributed by atoms with Crippen LogP contribution in [-0.2, 0) is 16.1 Å². The van der Waals surface area contributed by atoms with Crippen LogP contribution in [0.3, 0.4) is 0 Å². The van der Waals surface area contributed by atoms with Crippen LogP contribution in [0.15, 0.2) is 29.2 Å². The zero-order valence-electron chi connectivity index (χ0n) is 12.4. The van der Waals surface area contributed by atoms with E-state index < -0.39 is 6.04 Å². The Bertz CT molecular complexity index is 580. The Labute approximate surface area is 123 Å². The molecule has 0 aromatic carbocycles. The van der Waals surface area contributed by atoms with Crippen LogP contribution in [0.25, 0.3) is 0 Å². The van der Waals surface area contributed by atoms with Gasteiger partial charge in [0.2, 0.25) is 11.8 Å². The van der Waals surface area contributed by atoms with Gasteiger partial charge in [-0.15, -0.1) is 0 Å². The van der Waals surface area contributed by atoms with Crippen LogP contribution in [-0.4, -0.2) is 40.4 Å². The maximum atomic E-state index is 12.3. The summed E-state index contributed by atoms with van der Waals surface area (Å²) in [6, 6.07) is 4.48. The summed E-state index contributed by atoms with van der Waals surface area (Å²) in [6.45, 7) is 4.86. The number of hydrogen-bond acceptors (Lipinski definition) is 3. The zero-order chi connectivity index (χ0) is 15.4. The van der Waals surface area contributed by atoms with Gasteiger partial charge in [0.25, 0.3) is 5.56 Å². The van der Waals surface area contributed by atoms with E-state index in [1.807, 2.05) is 13.8 Å². The van der Waals surface area contributed by atoms with Gasteiger partial charge in [-0.3, -0.25) is 14.4 Å². The van der Waals surface area contributed by atoms with Crippen molar-refractivity contribution < 1.29 is 9.59 Å². The van der Waals surface area contributed by atoms with Gasteiger partial charge in [0.05, 0.1) is 6.54 Å². The van der Waals surface area contributed by atoms with E-state index in [-0.39, 0.29) is 23.9 Å². The molecule has 114 valence electrons. The average Bonchev–Trinajstić information content (AvgIpc) is 2.42. The molecular formula is C15H21N3O3. The third-order valence-electron chi connectivity index (χ3n) is 3.50. The fourth-order valence-electron chi connectivity index (χ4n) is 2.47. The molecule has 6 nitrogen and oxygen atoms in total. The van der Waals surface area contributed by atoms with Crippen molar-refractivity contribution in [2.24, 2.45) is 5.92 Å². The molecule has 2 heterocycles. The fourth-order valence-corrected chi connectivity index (χ4v) is 2.47. The van der Waals surface area contributed by atoms with Crippen LogP contribution in [0, 0.1) is 5.92 Å². The smallest absolute Gasteiger partial charge is 0.250 e. The number of aromatic nitrogens is 1. The highest BCUT2D eigenvalue weighted by Gasteiger charge is 2.32. The highest BCUT2D eigenvalue weighted by molar-refractivity contribution is 5.94. The van der Waals surface area contributed by atoms with Gasteiger partial charge in [-0.25, -0.2) is 0 Å². The molecule has 1 unspecified atom stereocenters. The van der Waals surface area contributed by atoms with Crippen molar-refractivity contribution in [2.45, 2.75) is 32.9 Å². The second kappa shape index (κ2) is 6.56. The van der Waals surface area contributed by atoms with Crippen LogP contribution in [0.4, 0.5) is 0 Å². The van der Waals surface area contributed by atoms with E-state index in [1.165, 1.54) is 15.5 Å². The number of nitrogens with one attached hydrogen (secondary N) is 1. The summed E-state index contributed by atoms with van der Waals surface area (Å²) in [5.41, 5.74) is -0.106. The lowest BCUT2D eigenvalue weighted by molar-refractivity contribution is -0.144. The third kappa shape index (κ3) is 3.93. The number of carbonyl (C=O) groups is 2. The van der Waals surface area contributed by atoms with E-state index in [0.717, 1.165) is 0 Å². The fraction of sp³-hybridized carbons (Fsp3) is 0.533. The summed E-state index contributed by atoms with van der Waals surface area (Å²) in [6.07, 6.45) is 2.31. The Hall–Kier alpha value is -2.11. The van der Waals surface area contributed by atoms with Gasteiger partial charge in [0, 0.05) is 25.4 Å².